The molecule has 1 aromatic heterocycles. The van der Waals surface area contributed by atoms with Crippen molar-refractivity contribution in [2.24, 2.45) is 5.92 Å². The molecule has 1 atom stereocenters. The lowest BCUT2D eigenvalue weighted by Crippen LogP contribution is -2.33. The van der Waals surface area contributed by atoms with Crippen LogP contribution in [0.1, 0.15) is 31.6 Å². The summed E-state index contributed by atoms with van der Waals surface area (Å²) in [6, 6.07) is 7.96. The van der Waals surface area contributed by atoms with Crippen molar-refractivity contribution in [2.75, 3.05) is 19.7 Å². The molecule has 1 aromatic carbocycles. The summed E-state index contributed by atoms with van der Waals surface area (Å²) in [7, 11) is 0. The Kier molecular flexibility index (Phi) is 5.18. The van der Waals surface area contributed by atoms with Crippen molar-refractivity contribution in [2.45, 2.75) is 33.2 Å². The number of likely N-dealkylation sites (tertiary alicyclic amines) is 1. The first kappa shape index (κ1) is 16.3. The fourth-order valence-corrected chi connectivity index (χ4v) is 4.12. The summed E-state index contributed by atoms with van der Waals surface area (Å²) in [5, 5.41) is 0. The van der Waals surface area contributed by atoms with Crippen molar-refractivity contribution in [3.63, 3.8) is 0 Å². The molecular formula is C18H24N2O2S. The Balaban J connectivity index is 1.81. The van der Waals surface area contributed by atoms with Gasteiger partial charge in [0.15, 0.2) is 0 Å². The summed E-state index contributed by atoms with van der Waals surface area (Å²) in [6.07, 6.45) is 2.56. The molecule has 3 rings (SSSR count). The minimum Gasteiger partial charge on any atom is -0.494 e. The topological polar surface area (TPSA) is 45.3 Å². The van der Waals surface area contributed by atoms with Gasteiger partial charge in [-0.3, -0.25) is 9.69 Å². The van der Waals surface area contributed by atoms with Gasteiger partial charge in [0.2, 0.25) is 0 Å². The van der Waals surface area contributed by atoms with Gasteiger partial charge in [0.25, 0.3) is 0 Å². The first-order chi connectivity index (χ1) is 11.2. The predicted molar refractivity (Wildman–Crippen MR) is 95.2 cm³/mol. The summed E-state index contributed by atoms with van der Waals surface area (Å²) < 4.78 is 5.49. The lowest BCUT2D eigenvalue weighted by atomic mass is 10.00. The highest BCUT2D eigenvalue weighted by Gasteiger charge is 2.19. The van der Waals surface area contributed by atoms with Crippen LogP contribution in [0.2, 0.25) is 0 Å². The van der Waals surface area contributed by atoms with Crippen LogP contribution in [0, 0.1) is 5.92 Å². The number of H-pyrrole nitrogens is 1. The number of nitrogens with zero attached hydrogens (tertiary/aromatic N) is 1. The zero-order valence-corrected chi connectivity index (χ0v) is 14.6. The zero-order chi connectivity index (χ0) is 16.2. The molecule has 0 saturated carbocycles. The summed E-state index contributed by atoms with van der Waals surface area (Å²) in [5.41, 5.74) is 2.01. The average Bonchev–Trinajstić information content (AvgIpc) is 2.89. The maximum atomic E-state index is 11.9. The maximum absolute atomic E-state index is 11.9. The van der Waals surface area contributed by atoms with Crippen molar-refractivity contribution in [1.82, 2.24) is 9.88 Å². The van der Waals surface area contributed by atoms with E-state index in [1.54, 1.807) is 0 Å². The third kappa shape index (κ3) is 4.03. The van der Waals surface area contributed by atoms with Crippen molar-refractivity contribution in [3.8, 4) is 17.0 Å². The first-order valence-corrected chi connectivity index (χ1v) is 9.15. The summed E-state index contributed by atoms with van der Waals surface area (Å²) >= 11 is 1.33. The number of benzene rings is 1. The highest BCUT2D eigenvalue weighted by atomic mass is 32.1. The molecule has 5 heteroatoms. The van der Waals surface area contributed by atoms with Gasteiger partial charge in [-0.1, -0.05) is 18.3 Å². The highest BCUT2D eigenvalue weighted by molar-refractivity contribution is 7.09. The normalized spacial score (nSPS) is 19.0. The molecule has 0 aliphatic carbocycles. The third-order valence-corrected chi connectivity index (χ3v) is 5.15. The molecule has 0 amide bonds. The Bertz CT molecular complexity index is 690. The smallest absolute Gasteiger partial charge is 0.305 e. The summed E-state index contributed by atoms with van der Waals surface area (Å²) in [4.78, 5) is 18.5. The third-order valence-electron chi connectivity index (χ3n) is 4.28. The van der Waals surface area contributed by atoms with Gasteiger partial charge >= 0.3 is 4.87 Å². The molecule has 1 aliphatic rings. The number of hydrogen-bond donors (Lipinski definition) is 1. The Morgan fingerprint density at radius 1 is 1.35 bits per heavy atom. The van der Waals surface area contributed by atoms with E-state index in [1.807, 2.05) is 31.2 Å². The van der Waals surface area contributed by atoms with E-state index in [0.29, 0.717) is 6.61 Å². The minimum atomic E-state index is 0.0222. The highest BCUT2D eigenvalue weighted by Crippen LogP contribution is 2.28. The molecule has 0 bridgehead atoms. The average molecular weight is 332 g/mol. The second kappa shape index (κ2) is 7.32. The standard InChI is InChI=1S/C18H24N2O2S/c1-3-22-15-8-6-14(7-9-15)17-16(23-18(21)19-17)12-20-10-4-5-13(2)11-20/h6-9,13H,3-5,10-12H2,1-2H3,(H,19,21). The molecule has 124 valence electrons. The van der Waals surface area contributed by atoms with Crippen LogP contribution in [-0.4, -0.2) is 29.6 Å². The van der Waals surface area contributed by atoms with Crippen molar-refractivity contribution >= 4 is 11.3 Å². The Morgan fingerprint density at radius 3 is 2.83 bits per heavy atom. The molecule has 1 aliphatic heterocycles. The van der Waals surface area contributed by atoms with Gasteiger partial charge in [-0.25, -0.2) is 0 Å². The zero-order valence-electron chi connectivity index (χ0n) is 13.8. The van der Waals surface area contributed by atoms with Crippen LogP contribution in [0.4, 0.5) is 0 Å². The Hall–Kier alpha value is -1.59. The summed E-state index contributed by atoms with van der Waals surface area (Å²) in [5.74, 6) is 1.61. The van der Waals surface area contributed by atoms with Crippen LogP contribution in [0.25, 0.3) is 11.3 Å². The molecule has 2 aromatic rings. The van der Waals surface area contributed by atoms with Crippen LogP contribution in [0.3, 0.4) is 0 Å². The molecule has 1 fully saturated rings. The minimum absolute atomic E-state index is 0.0222. The van der Waals surface area contributed by atoms with Gasteiger partial charge in [0.1, 0.15) is 5.75 Å². The van der Waals surface area contributed by atoms with E-state index in [9.17, 15) is 4.79 Å². The number of ether oxygens (including phenoxy) is 1. The van der Waals surface area contributed by atoms with Gasteiger partial charge in [-0.05, 0) is 62.1 Å². The number of rotatable bonds is 5. The molecule has 1 saturated heterocycles. The van der Waals surface area contributed by atoms with Gasteiger partial charge in [-0.2, -0.15) is 0 Å². The molecule has 1 unspecified atom stereocenters. The van der Waals surface area contributed by atoms with Crippen molar-refractivity contribution in [3.05, 3.63) is 38.8 Å². The van der Waals surface area contributed by atoms with Gasteiger partial charge in [-0.15, -0.1) is 0 Å². The van der Waals surface area contributed by atoms with E-state index >= 15 is 0 Å². The van der Waals surface area contributed by atoms with E-state index < -0.39 is 0 Å². The second-order valence-electron chi connectivity index (χ2n) is 6.25. The maximum Gasteiger partial charge on any atom is 0.305 e. The molecule has 0 spiro atoms. The molecule has 1 N–H and O–H groups in total. The fourth-order valence-electron chi connectivity index (χ4n) is 3.22. The SMILES string of the molecule is CCOc1ccc(-c2[nH]c(=O)sc2CN2CCCC(C)C2)cc1. The van der Waals surface area contributed by atoms with Crippen molar-refractivity contribution in [1.29, 1.82) is 0 Å². The number of aromatic amines is 1. The quantitative estimate of drug-likeness (QED) is 0.907. The van der Waals surface area contributed by atoms with Crippen LogP contribution in [-0.2, 0) is 6.54 Å². The number of nitrogens with one attached hydrogen (secondary N) is 1. The lowest BCUT2D eigenvalue weighted by Gasteiger charge is -2.30. The van der Waals surface area contributed by atoms with Crippen LogP contribution < -0.4 is 9.61 Å². The second-order valence-corrected chi connectivity index (χ2v) is 7.32. The Labute approximate surface area is 141 Å². The van der Waals surface area contributed by atoms with Gasteiger partial charge in [0.05, 0.1) is 12.3 Å². The van der Waals surface area contributed by atoms with Crippen LogP contribution >= 0.6 is 11.3 Å². The van der Waals surface area contributed by atoms with E-state index in [0.717, 1.165) is 47.4 Å². The molecular weight excluding hydrogens is 308 g/mol. The van der Waals surface area contributed by atoms with Gasteiger partial charge < -0.3 is 9.72 Å². The number of hydrogen-bond acceptors (Lipinski definition) is 4. The largest absolute Gasteiger partial charge is 0.494 e. The fraction of sp³-hybridized carbons (Fsp3) is 0.500. The number of aromatic nitrogens is 1. The van der Waals surface area contributed by atoms with Crippen LogP contribution in [0.5, 0.6) is 5.75 Å². The van der Waals surface area contributed by atoms with Gasteiger partial charge in [0, 0.05) is 18.0 Å². The van der Waals surface area contributed by atoms with Crippen LogP contribution in [0.15, 0.2) is 29.1 Å². The molecule has 23 heavy (non-hydrogen) atoms. The molecule has 0 radical (unpaired) electrons. The van der Waals surface area contributed by atoms with E-state index in [-0.39, 0.29) is 4.87 Å². The molecule has 4 nitrogen and oxygen atoms in total. The van der Waals surface area contributed by atoms with Crippen molar-refractivity contribution < 1.29 is 4.74 Å². The predicted octanol–water partition coefficient (Wildman–Crippen LogP) is 3.73. The number of piperidine rings is 1. The van der Waals surface area contributed by atoms with E-state index in [2.05, 4.69) is 16.8 Å². The Morgan fingerprint density at radius 2 is 2.13 bits per heavy atom. The summed E-state index contributed by atoms with van der Waals surface area (Å²) in [6.45, 7) is 8.04. The lowest BCUT2D eigenvalue weighted by molar-refractivity contribution is 0.178. The van der Waals surface area contributed by atoms with E-state index in [1.165, 1.54) is 24.2 Å². The monoisotopic (exact) mass is 332 g/mol. The first-order valence-electron chi connectivity index (χ1n) is 8.33. The van der Waals surface area contributed by atoms with E-state index in [4.69, 9.17) is 4.74 Å². The molecule has 2 heterocycles. The number of thiazole rings is 1.